The van der Waals surface area contributed by atoms with Crippen LogP contribution in [0.2, 0.25) is 0 Å². The van der Waals surface area contributed by atoms with Gasteiger partial charge in [0.25, 0.3) is 0 Å². The number of carbonyl (C=O) groups is 2. The molecule has 0 aromatic heterocycles. The Morgan fingerprint density at radius 3 is 2.63 bits per heavy atom. The van der Waals surface area contributed by atoms with Crippen molar-refractivity contribution < 1.29 is 19.1 Å². The zero-order chi connectivity index (χ0) is 25.8. The molecular weight excluding hydrogens is 555 g/mol. The van der Waals surface area contributed by atoms with Crippen LogP contribution in [0.3, 0.4) is 0 Å². The number of unbranched alkanes of at least 4 members (excludes halogenated alkanes) is 1. The Morgan fingerprint density at radius 1 is 1.26 bits per heavy atom. The van der Waals surface area contributed by atoms with E-state index in [-0.39, 0.29) is 30.6 Å². The van der Waals surface area contributed by atoms with Crippen molar-refractivity contribution in [1.82, 2.24) is 4.90 Å². The van der Waals surface area contributed by atoms with E-state index < -0.39 is 11.9 Å². The lowest BCUT2D eigenvalue weighted by molar-refractivity contribution is -0.140. The molecule has 0 aromatic carbocycles. The molecule has 1 heterocycles. The zero-order valence-electron chi connectivity index (χ0n) is 20.2. The fourth-order valence-corrected chi connectivity index (χ4v) is 5.01. The summed E-state index contributed by atoms with van der Waals surface area (Å²) in [6.07, 6.45) is 18.4. The summed E-state index contributed by atoms with van der Waals surface area (Å²) in [5.74, 6) is -1.01. The molecule has 0 N–H and O–H groups in total. The lowest BCUT2D eigenvalue weighted by atomic mass is 9.88. The number of esters is 2. The fourth-order valence-electron chi connectivity index (χ4n) is 4.02. The fraction of sp³-hybridized carbons (Fsp3) is 0.321. The summed E-state index contributed by atoms with van der Waals surface area (Å²) in [5, 5.41) is 9.74. The van der Waals surface area contributed by atoms with Crippen LogP contribution in [0.15, 0.2) is 94.0 Å². The van der Waals surface area contributed by atoms with Crippen molar-refractivity contribution >= 4 is 34.5 Å². The van der Waals surface area contributed by atoms with Crippen LogP contribution in [0, 0.1) is 23.2 Å². The highest BCUT2D eigenvalue weighted by molar-refractivity contribution is 14.1. The zero-order valence-corrected chi connectivity index (χ0v) is 22.4. The predicted octanol–water partition coefficient (Wildman–Crippen LogP) is 5.85. The predicted molar refractivity (Wildman–Crippen MR) is 146 cm³/mol. The van der Waals surface area contributed by atoms with Gasteiger partial charge in [-0.25, -0.2) is 9.59 Å². The first kappa shape index (κ1) is 28.1. The Hall–Kier alpha value is -3.12. The van der Waals surface area contributed by atoms with E-state index in [9.17, 15) is 14.9 Å². The Morgan fingerprint density at radius 2 is 1.97 bits per heavy atom. The van der Waals surface area contributed by atoms with Gasteiger partial charge in [0.1, 0.15) is 11.6 Å². The Bertz CT molecular complexity index is 1070. The van der Waals surface area contributed by atoms with Crippen molar-refractivity contribution in [1.29, 1.82) is 5.26 Å². The standard InChI is InChI=1S/C28H31IN2O4/c1-5-7-8-9-13-20(3)26-23(22-14-12-15-24(29)27(22)31(26)4)18-21(19-30)28(33)35-17-11-10-16-34-25(32)6-2/h5-9,12-13,15,18,20,22H,1-2,10-11,14,16-17H2,3-4H3/b8-7-,13-9-,21-18+. The van der Waals surface area contributed by atoms with Gasteiger partial charge in [-0.3, -0.25) is 0 Å². The highest BCUT2D eigenvalue weighted by Crippen LogP contribution is 2.47. The van der Waals surface area contributed by atoms with E-state index in [0.29, 0.717) is 12.8 Å². The lowest BCUT2D eigenvalue weighted by Gasteiger charge is -2.25. The van der Waals surface area contributed by atoms with Crippen LogP contribution in [0.5, 0.6) is 0 Å². The number of nitrogens with zero attached hydrogens (tertiary/aromatic N) is 2. The number of nitriles is 1. The van der Waals surface area contributed by atoms with E-state index in [1.165, 1.54) is 5.70 Å². The number of fused-ring (bicyclic) bond motifs is 1. The van der Waals surface area contributed by atoms with Gasteiger partial charge in [-0.15, -0.1) is 0 Å². The lowest BCUT2D eigenvalue weighted by Crippen LogP contribution is -2.19. The molecule has 2 atom stereocenters. The van der Waals surface area contributed by atoms with E-state index in [4.69, 9.17) is 9.47 Å². The van der Waals surface area contributed by atoms with Gasteiger partial charge in [-0.05, 0) is 53.5 Å². The second-order valence-electron chi connectivity index (χ2n) is 8.00. The monoisotopic (exact) mass is 586 g/mol. The van der Waals surface area contributed by atoms with Gasteiger partial charge in [0, 0.05) is 39.9 Å². The molecule has 2 rings (SSSR count). The summed E-state index contributed by atoms with van der Waals surface area (Å²) in [6.45, 7) is 9.48. The maximum atomic E-state index is 12.7. The van der Waals surface area contributed by atoms with Gasteiger partial charge in [0.2, 0.25) is 0 Å². The molecule has 0 amide bonds. The first-order chi connectivity index (χ1) is 16.8. The van der Waals surface area contributed by atoms with Crippen LogP contribution in [0.25, 0.3) is 0 Å². The molecule has 0 saturated carbocycles. The number of halogens is 1. The largest absolute Gasteiger partial charge is 0.463 e. The van der Waals surface area contributed by atoms with E-state index in [2.05, 4.69) is 65.8 Å². The smallest absolute Gasteiger partial charge is 0.348 e. The molecule has 6 nitrogen and oxygen atoms in total. The number of allylic oxidation sites excluding steroid dienone is 10. The average molecular weight is 586 g/mol. The molecular formula is C28H31IN2O4. The summed E-state index contributed by atoms with van der Waals surface area (Å²) < 4.78 is 11.4. The molecule has 35 heavy (non-hydrogen) atoms. The molecule has 2 aliphatic rings. The summed E-state index contributed by atoms with van der Waals surface area (Å²) in [4.78, 5) is 25.9. The average Bonchev–Trinajstić information content (AvgIpc) is 3.14. The minimum Gasteiger partial charge on any atom is -0.463 e. The van der Waals surface area contributed by atoms with E-state index in [1.54, 1.807) is 12.2 Å². The Kier molecular flexibility index (Phi) is 11.5. The van der Waals surface area contributed by atoms with Crippen molar-refractivity contribution in [2.75, 3.05) is 20.3 Å². The quantitative estimate of drug-likeness (QED) is 0.0714. The number of ether oxygens (including phenoxy) is 2. The third-order valence-electron chi connectivity index (χ3n) is 5.62. The molecule has 0 bridgehead atoms. The maximum absolute atomic E-state index is 12.7. The van der Waals surface area contributed by atoms with Crippen molar-refractivity contribution in [2.45, 2.75) is 26.2 Å². The minimum atomic E-state index is -0.652. The highest BCUT2D eigenvalue weighted by Gasteiger charge is 2.37. The second-order valence-corrected chi connectivity index (χ2v) is 9.16. The van der Waals surface area contributed by atoms with Gasteiger partial charge in [0.05, 0.1) is 13.2 Å². The summed E-state index contributed by atoms with van der Waals surface area (Å²) in [6, 6.07) is 2.02. The SMILES string of the molecule is C=C/C=C\C=C/C(C)C1=C(/C=C(\C#N)C(=O)OCCCCOC(=O)C=C)C2CC=CC(I)=C2N1C. The maximum Gasteiger partial charge on any atom is 0.348 e. The van der Waals surface area contributed by atoms with Crippen LogP contribution >= 0.6 is 22.6 Å². The molecule has 0 radical (unpaired) electrons. The number of rotatable bonds is 12. The third-order valence-corrected chi connectivity index (χ3v) is 6.53. The third kappa shape index (κ3) is 7.69. The van der Waals surface area contributed by atoms with Crippen molar-refractivity contribution in [3.8, 4) is 6.07 Å². The minimum absolute atomic E-state index is 0.0301. The van der Waals surface area contributed by atoms with Crippen molar-refractivity contribution in [3.63, 3.8) is 0 Å². The van der Waals surface area contributed by atoms with E-state index >= 15 is 0 Å². The normalized spacial score (nSPS) is 18.6. The Balaban J connectivity index is 2.23. The summed E-state index contributed by atoms with van der Waals surface area (Å²) in [5.41, 5.74) is 3.15. The summed E-state index contributed by atoms with van der Waals surface area (Å²) in [7, 11) is 2.03. The van der Waals surface area contributed by atoms with Crippen molar-refractivity contribution in [2.24, 2.45) is 11.8 Å². The molecule has 1 aliphatic heterocycles. The van der Waals surface area contributed by atoms with E-state index in [1.807, 2.05) is 31.3 Å². The molecule has 0 spiro atoms. The topological polar surface area (TPSA) is 79.6 Å². The van der Waals surface area contributed by atoms with Crippen molar-refractivity contribution in [3.05, 3.63) is 94.0 Å². The van der Waals surface area contributed by atoms with Crippen LogP contribution in [0.4, 0.5) is 0 Å². The molecule has 0 fully saturated rings. The molecule has 7 heteroatoms. The second kappa shape index (κ2) is 14.3. The van der Waals surface area contributed by atoms with Gasteiger partial charge in [-0.2, -0.15) is 5.26 Å². The first-order valence-corrected chi connectivity index (χ1v) is 12.5. The molecule has 184 valence electrons. The van der Waals surface area contributed by atoms with Crippen LogP contribution in [-0.4, -0.2) is 37.1 Å². The van der Waals surface area contributed by atoms with Gasteiger partial charge < -0.3 is 14.4 Å². The highest BCUT2D eigenvalue weighted by atomic mass is 127. The first-order valence-electron chi connectivity index (χ1n) is 11.4. The summed E-state index contributed by atoms with van der Waals surface area (Å²) >= 11 is 2.33. The molecule has 2 unspecified atom stereocenters. The van der Waals surface area contributed by atoms with Crippen LogP contribution < -0.4 is 0 Å². The number of hydrogen-bond donors (Lipinski definition) is 0. The van der Waals surface area contributed by atoms with Gasteiger partial charge in [-0.1, -0.05) is 62.6 Å². The molecule has 0 saturated heterocycles. The van der Waals surface area contributed by atoms with Crippen LogP contribution in [-0.2, 0) is 19.1 Å². The molecule has 1 aliphatic carbocycles. The van der Waals surface area contributed by atoms with Crippen LogP contribution in [0.1, 0.15) is 26.2 Å². The van der Waals surface area contributed by atoms with Gasteiger partial charge >= 0.3 is 11.9 Å². The van der Waals surface area contributed by atoms with Gasteiger partial charge in [0.15, 0.2) is 0 Å². The van der Waals surface area contributed by atoms with E-state index in [0.717, 1.165) is 27.3 Å². The number of carbonyl (C=O) groups excluding carboxylic acids is 2. The number of hydrogen-bond acceptors (Lipinski definition) is 6. The molecule has 0 aromatic rings. The Labute approximate surface area is 221 Å².